The third kappa shape index (κ3) is 4.20. The Morgan fingerprint density at radius 2 is 2.05 bits per heavy atom. The summed E-state index contributed by atoms with van der Waals surface area (Å²) in [4.78, 5) is 24.9. The van der Waals surface area contributed by atoms with E-state index in [-0.39, 0.29) is 18.6 Å². The molecule has 21 heavy (non-hydrogen) atoms. The Kier molecular flexibility index (Phi) is 5.22. The Labute approximate surface area is 132 Å². The zero-order chi connectivity index (χ0) is 15.4. The Hall–Kier alpha value is -1.56. The summed E-state index contributed by atoms with van der Waals surface area (Å²) in [6.45, 7) is 2.82. The van der Waals surface area contributed by atoms with Gasteiger partial charge in [0.25, 0.3) is 0 Å². The molecule has 0 spiro atoms. The summed E-state index contributed by atoms with van der Waals surface area (Å²) in [5.74, 6) is -1.28. The monoisotopic (exact) mass is 354 g/mol. The SMILES string of the molecule is CC(NC(=O)N1CCC[C@H](C(=O)O)C1)c1ccc(Br)cc1. The lowest BCUT2D eigenvalue weighted by Gasteiger charge is -2.31. The van der Waals surface area contributed by atoms with Crippen molar-refractivity contribution in [3.05, 3.63) is 34.3 Å². The van der Waals surface area contributed by atoms with Gasteiger partial charge in [0.05, 0.1) is 12.0 Å². The Morgan fingerprint density at radius 1 is 1.38 bits per heavy atom. The van der Waals surface area contributed by atoms with Crippen LogP contribution in [0.3, 0.4) is 0 Å². The van der Waals surface area contributed by atoms with Gasteiger partial charge in [-0.05, 0) is 37.5 Å². The van der Waals surface area contributed by atoms with E-state index in [0.717, 1.165) is 16.5 Å². The van der Waals surface area contributed by atoms with E-state index in [4.69, 9.17) is 5.11 Å². The van der Waals surface area contributed by atoms with Gasteiger partial charge in [-0.15, -0.1) is 0 Å². The fourth-order valence-electron chi connectivity index (χ4n) is 2.47. The lowest BCUT2D eigenvalue weighted by atomic mass is 9.98. The van der Waals surface area contributed by atoms with Crippen LogP contribution in [0.2, 0.25) is 0 Å². The largest absolute Gasteiger partial charge is 0.481 e. The van der Waals surface area contributed by atoms with Crippen molar-refractivity contribution in [1.29, 1.82) is 0 Å². The molecule has 1 aliphatic heterocycles. The van der Waals surface area contributed by atoms with Gasteiger partial charge in [0, 0.05) is 17.6 Å². The van der Waals surface area contributed by atoms with Crippen molar-refractivity contribution < 1.29 is 14.7 Å². The van der Waals surface area contributed by atoms with Gasteiger partial charge in [-0.2, -0.15) is 0 Å². The van der Waals surface area contributed by atoms with Crippen LogP contribution in [0.4, 0.5) is 4.79 Å². The standard InChI is InChI=1S/C15H19BrN2O3/c1-10(11-4-6-13(16)7-5-11)17-15(21)18-8-2-3-12(9-18)14(19)20/h4-7,10,12H,2-3,8-9H2,1H3,(H,17,21)(H,19,20)/t10?,12-/m0/s1. The van der Waals surface area contributed by atoms with E-state index in [2.05, 4.69) is 21.2 Å². The predicted molar refractivity (Wildman–Crippen MR) is 83.0 cm³/mol. The van der Waals surface area contributed by atoms with Crippen LogP contribution in [0.25, 0.3) is 0 Å². The number of carboxylic acids is 1. The highest BCUT2D eigenvalue weighted by Gasteiger charge is 2.28. The summed E-state index contributed by atoms with van der Waals surface area (Å²) in [6, 6.07) is 7.45. The molecule has 1 aliphatic rings. The summed E-state index contributed by atoms with van der Waals surface area (Å²) in [5.41, 5.74) is 1.01. The lowest BCUT2D eigenvalue weighted by Crippen LogP contribution is -2.47. The fourth-order valence-corrected chi connectivity index (χ4v) is 2.74. The van der Waals surface area contributed by atoms with Crippen molar-refractivity contribution in [2.45, 2.75) is 25.8 Å². The van der Waals surface area contributed by atoms with Gasteiger partial charge < -0.3 is 15.3 Å². The summed E-state index contributed by atoms with van der Waals surface area (Å²) >= 11 is 3.38. The molecule has 2 rings (SSSR count). The molecule has 1 aromatic rings. The molecule has 2 atom stereocenters. The van der Waals surface area contributed by atoms with Crippen molar-refractivity contribution in [2.75, 3.05) is 13.1 Å². The third-order valence-corrected chi connectivity index (χ3v) is 4.30. The third-order valence-electron chi connectivity index (χ3n) is 3.77. The van der Waals surface area contributed by atoms with E-state index in [1.807, 2.05) is 31.2 Å². The number of benzene rings is 1. The van der Waals surface area contributed by atoms with Crippen molar-refractivity contribution in [1.82, 2.24) is 10.2 Å². The quantitative estimate of drug-likeness (QED) is 0.876. The van der Waals surface area contributed by atoms with Crippen molar-refractivity contribution in [3.63, 3.8) is 0 Å². The Bertz CT molecular complexity index is 518. The molecule has 0 aromatic heterocycles. The van der Waals surface area contributed by atoms with Crippen LogP contribution in [0.1, 0.15) is 31.4 Å². The molecule has 1 saturated heterocycles. The number of carboxylic acid groups (broad SMARTS) is 1. The van der Waals surface area contributed by atoms with Gasteiger partial charge in [-0.25, -0.2) is 4.79 Å². The molecule has 1 heterocycles. The van der Waals surface area contributed by atoms with Crippen LogP contribution >= 0.6 is 15.9 Å². The maximum Gasteiger partial charge on any atom is 0.317 e. The number of amides is 2. The van der Waals surface area contributed by atoms with E-state index in [1.54, 1.807) is 4.90 Å². The number of piperidine rings is 1. The minimum Gasteiger partial charge on any atom is -0.481 e. The molecule has 0 aliphatic carbocycles. The van der Waals surface area contributed by atoms with Gasteiger partial charge in [0.2, 0.25) is 0 Å². The minimum atomic E-state index is -0.826. The molecule has 0 radical (unpaired) electrons. The zero-order valence-electron chi connectivity index (χ0n) is 11.9. The van der Waals surface area contributed by atoms with E-state index in [1.165, 1.54) is 0 Å². The first kappa shape index (κ1) is 15.8. The zero-order valence-corrected chi connectivity index (χ0v) is 13.5. The average Bonchev–Trinajstić information content (AvgIpc) is 2.48. The second kappa shape index (κ2) is 6.93. The molecule has 0 saturated carbocycles. The average molecular weight is 355 g/mol. The Morgan fingerprint density at radius 3 is 2.67 bits per heavy atom. The number of carbonyl (C=O) groups excluding carboxylic acids is 1. The van der Waals surface area contributed by atoms with Crippen LogP contribution < -0.4 is 5.32 Å². The fraction of sp³-hybridized carbons (Fsp3) is 0.467. The van der Waals surface area contributed by atoms with Crippen molar-refractivity contribution >= 4 is 27.9 Å². The van der Waals surface area contributed by atoms with Crippen LogP contribution in [-0.2, 0) is 4.79 Å². The second-order valence-electron chi connectivity index (χ2n) is 5.35. The number of hydrogen-bond donors (Lipinski definition) is 2. The number of likely N-dealkylation sites (tertiary alicyclic amines) is 1. The topological polar surface area (TPSA) is 69.6 Å². The molecule has 2 amide bonds. The number of nitrogens with one attached hydrogen (secondary N) is 1. The lowest BCUT2D eigenvalue weighted by molar-refractivity contribution is -0.143. The summed E-state index contributed by atoms with van der Waals surface area (Å²) in [7, 11) is 0. The summed E-state index contributed by atoms with van der Waals surface area (Å²) < 4.78 is 0.991. The number of aliphatic carboxylic acids is 1. The van der Waals surface area contributed by atoms with Crippen molar-refractivity contribution in [3.8, 4) is 0 Å². The number of rotatable bonds is 3. The molecule has 1 aromatic carbocycles. The molecular weight excluding hydrogens is 336 g/mol. The first-order chi connectivity index (χ1) is 9.97. The van der Waals surface area contributed by atoms with Crippen LogP contribution in [-0.4, -0.2) is 35.1 Å². The minimum absolute atomic E-state index is 0.115. The van der Waals surface area contributed by atoms with Crippen LogP contribution in [0, 0.1) is 5.92 Å². The number of carbonyl (C=O) groups is 2. The summed E-state index contributed by atoms with van der Waals surface area (Å²) in [6.07, 6.45) is 1.37. The van der Waals surface area contributed by atoms with E-state index in [0.29, 0.717) is 13.0 Å². The molecule has 1 unspecified atom stereocenters. The number of urea groups is 1. The molecule has 1 fully saturated rings. The van der Waals surface area contributed by atoms with Gasteiger partial charge in [-0.1, -0.05) is 28.1 Å². The molecule has 114 valence electrons. The van der Waals surface area contributed by atoms with Gasteiger partial charge in [0.15, 0.2) is 0 Å². The van der Waals surface area contributed by atoms with Crippen LogP contribution in [0.5, 0.6) is 0 Å². The van der Waals surface area contributed by atoms with Crippen LogP contribution in [0.15, 0.2) is 28.7 Å². The highest BCUT2D eigenvalue weighted by molar-refractivity contribution is 9.10. The van der Waals surface area contributed by atoms with Gasteiger partial charge >= 0.3 is 12.0 Å². The Balaban J connectivity index is 1.94. The molecule has 5 nitrogen and oxygen atoms in total. The molecule has 6 heteroatoms. The smallest absolute Gasteiger partial charge is 0.317 e. The van der Waals surface area contributed by atoms with Gasteiger partial charge in [0.1, 0.15) is 0 Å². The number of nitrogens with zero attached hydrogens (tertiary/aromatic N) is 1. The maximum absolute atomic E-state index is 12.2. The van der Waals surface area contributed by atoms with E-state index < -0.39 is 11.9 Å². The van der Waals surface area contributed by atoms with Gasteiger partial charge in [-0.3, -0.25) is 4.79 Å². The molecular formula is C15H19BrN2O3. The highest BCUT2D eigenvalue weighted by Crippen LogP contribution is 2.19. The van der Waals surface area contributed by atoms with E-state index in [9.17, 15) is 9.59 Å². The maximum atomic E-state index is 12.2. The normalized spacial score (nSPS) is 19.9. The summed E-state index contributed by atoms with van der Waals surface area (Å²) in [5, 5.41) is 12.0. The highest BCUT2D eigenvalue weighted by atomic mass is 79.9. The molecule has 2 N–H and O–H groups in total. The first-order valence-electron chi connectivity index (χ1n) is 7.01. The van der Waals surface area contributed by atoms with E-state index >= 15 is 0 Å². The second-order valence-corrected chi connectivity index (χ2v) is 6.26. The first-order valence-corrected chi connectivity index (χ1v) is 7.80. The van der Waals surface area contributed by atoms with Crippen molar-refractivity contribution in [2.24, 2.45) is 5.92 Å². The number of hydrogen-bond acceptors (Lipinski definition) is 2. The molecule has 0 bridgehead atoms. The predicted octanol–water partition coefficient (Wildman–Crippen LogP) is 3.02. The number of halogens is 1.